The second-order valence-electron chi connectivity index (χ2n) is 5.41. The molecule has 1 heterocycles. The third kappa shape index (κ3) is 6.67. The molecule has 3 heteroatoms. The van der Waals surface area contributed by atoms with Gasteiger partial charge in [0.1, 0.15) is 0 Å². The highest BCUT2D eigenvalue weighted by Gasteiger charge is 2.22. The molecular formula is C14H28N2O. The highest BCUT2D eigenvalue weighted by Crippen LogP contribution is 2.11. The number of nitrogens with one attached hydrogen (secondary N) is 1. The number of hydrogen-bond acceptors (Lipinski definition) is 2. The molecule has 1 amide bonds. The summed E-state index contributed by atoms with van der Waals surface area (Å²) in [6.45, 7) is 5.37. The summed E-state index contributed by atoms with van der Waals surface area (Å²) in [5.41, 5.74) is 0. The number of likely N-dealkylation sites (tertiary alicyclic amines) is 1. The van der Waals surface area contributed by atoms with Gasteiger partial charge in [-0.1, -0.05) is 39.0 Å². The molecule has 0 aromatic carbocycles. The van der Waals surface area contributed by atoms with Gasteiger partial charge in [0.2, 0.25) is 5.91 Å². The van der Waals surface area contributed by atoms with Gasteiger partial charge in [-0.3, -0.25) is 4.79 Å². The van der Waals surface area contributed by atoms with E-state index in [-0.39, 0.29) is 5.91 Å². The first-order valence-corrected chi connectivity index (χ1v) is 7.17. The first kappa shape index (κ1) is 14.5. The van der Waals surface area contributed by atoms with E-state index in [1.165, 1.54) is 32.1 Å². The van der Waals surface area contributed by atoms with Crippen molar-refractivity contribution < 1.29 is 4.79 Å². The Morgan fingerprint density at radius 3 is 2.47 bits per heavy atom. The van der Waals surface area contributed by atoms with Gasteiger partial charge in [0.25, 0.3) is 0 Å². The van der Waals surface area contributed by atoms with Crippen molar-refractivity contribution in [3.63, 3.8) is 0 Å². The Bertz CT molecular complexity index is 212. The van der Waals surface area contributed by atoms with Crippen LogP contribution in [0.15, 0.2) is 0 Å². The second-order valence-corrected chi connectivity index (χ2v) is 5.41. The van der Waals surface area contributed by atoms with E-state index in [1.54, 1.807) is 0 Å². The number of unbranched alkanes of at least 4 members (excludes halogenated alkanes) is 5. The maximum atomic E-state index is 11.5. The second kappa shape index (κ2) is 8.51. The zero-order valence-corrected chi connectivity index (χ0v) is 11.5. The number of amides is 1. The molecule has 0 saturated carbocycles. The molecular weight excluding hydrogens is 212 g/mol. The van der Waals surface area contributed by atoms with Crippen molar-refractivity contribution in [2.75, 3.05) is 26.7 Å². The van der Waals surface area contributed by atoms with Gasteiger partial charge in [-0.05, 0) is 13.5 Å². The van der Waals surface area contributed by atoms with Gasteiger partial charge in [-0.15, -0.1) is 0 Å². The lowest BCUT2D eigenvalue weighted by molar-refractivity contribution is -0.121. The molecule has 1 N–H and O–H groups in total. The highest BCUT2D eigenvalue weighted by atomic mass is 16.1. The predicted octanol–water partition coefficient (Wildman–Crippen LogP) is 2.41. The molecule has 3 nitrogen and oxygen atoms in total. The van der Waals surface area contributed by atoms with Crippen molar-refractivity contribution in [3.8, 4) is 0 Å². The van der Waals surface area contributed by atoms with E-state index in [2.05, 4.69) is 24.2 Å². The average Bonchev–Trinajstić information content (AvgIpc) is 2.27. The minimum atomic E-state index is 0.245. The SMILES string of the molecule is CCCCCCCCC(=O)NCC1CN(C)C1. The van der Waals surface area contributed by atoms with E-state index in [0.717, 1.165) is 26.1 Å². The van der Waals surface area contributed by atoms with E-state index in [9.17, 15) is 4.79 Å². The minimum Gasteiger partial charge on any atom is -0.356 e. The fraction of sp³-hybridized carbons (Fsp3) is 0.929. The third-order valence-electron chi connectivity index (χ3n) is 3.49. The predicted molar refractivity (Wildman–Crippen MR) is 72.0 cm³/mol. The Hall–Kier alpha value is -0.570. The van der Waals surface area contributed by atoms with Crippen molar-refractivity contribution in [2.24, 2.45) is 5.92 Å². The molecule has 0 aliphatic carbocycles. The summed E-state index contributed by atoms with van der Waals surface area (Å²) in [5, 5.41) is 3.04. The van der Waals surface area contributed by atoms with Crippen LogP contribution in [0.1, 0.15) is 51.9 Å². The first-order chi connectivity index (χ1) is 8.22. The Labute approximate surface area is 106 Å². The molecule has 0 atom stereocenters. The van der Waals surface area contributed by atoms with Crippen LogP contribution in [0, 0.1) is 5.92 Å². The lowest BCUT2D eigenvalue weighted by Crippen LogP contribution is -2.49. The van der Waals surface area contributed by atoms with E-state index in [1.807, 2.05) is 0 Å². The number of carbonyl (C=O) groups is 1. The number of carbonyl (C=O) groups excluding carboxylic acids is 1. The van der Waals surface area contributed by atoms with Gasteiger partial charge in [0.05, 0.1) is 0 Å². The van der Waals surface area contributed by atoms with Crippen molar-refractivity contribution in [1.82, 2.24) is 10.2 Å². The van der Waals surface area contributed by atoms with Crippen molar-refractivity contribution in [3.05, 3.63) is 0 Å². The van der Waals surface area contributed by atoms with Crippen LogP contribution in [0.25, 0.3) is 0 Å². The van der Waals surface area contributed by atoms with Gasteiger partial charge < -0.3 is 10.2 Å². The normalized spacial score (nSPS) is 16.8. The van der Waals surface area contributed by atoms with Crippen LogP contribution in [0.3, 0.4) is 0 Å². The molecule has 1 fully saturated rings. The van der Waals surface area contributed by atoms with Crippen LogP contribution in [-0.4, -0.2) is 37.5 Å². The summed E-state index contributed by atoms with van der Waals surface area (Å²) >= 11 is 0. The zero-order chi connectivity index (χ0) is 12.5. The molecule has 0 unspecified atom stereocenters. The number of hydrogen-bond donors (Lipinski definition) is 1. The molecule has 17 heavy (non-hydrogen) atoms. The minimum absolute atomic E-state index is 0.245. The maximum Gasteiger partial charge on any atom is 0.220 e. The molecule has 1 rings (SSSR count). The van der Waals surface area contributed by atoms with E-state index in [4.69, 9.17) is 0 Å². The topological polar surface area (TPSA) is 32.3 Å². The quantitative estimate of drug-likeness (QED) is 0.628. The van der Waals surface area contributed by atoms with Gasteiger partial charge in [-0.2, -0.15) is 0 Å². The van der Waals surface area contributed by atoms with Crippen molar-refractivity contribution in [1.29, 1.82) is 0 Å². The average molecular weight is 240 g/mol. The number of rotatable bonds is 9. The van der Waals surface area contributed by atoms with Crippen LogP contribution < -0.4 is 5.32 Å². The first-order valence-electron chi connectivity index (χ1n) is 7.17. The molecule has 0 spiro atoms. The fourth-order valence-electron chi connectivity index (χ4n) is 2.37. The van der Waals surface area contributed by atoms with Crippen LogP contribution in [0.4, 0.5) is 0 Å². The van der Waals surface area contributed by atoms with Crippen LogP contribution in [0.5, 0.6) is 0 Å². The summed E-state index contributed by atoms with van der Waals surface area (Å²) in [7, 11) is 2.12. The number of nitrogens with zero attached hydrogens (tertiary/aromatic N) is 1. The lowest BCUT2D eigenvalue weighted by Gasteiger charge is -2.36. The maximum absolute atomic E-state index is 11.5. The Balaban J connectivity index is 1.84. The molecule has 0 aromatic heterocycles. The molecule has 1 saturated heterocycles. The highest BCUT2D eigenvalue weighted by molar-refractivity contribution is 5.75. The smallest absolute Gasteiger partial charge is 0.220 e. The molecule has 0 bridgehead atoms. The largest absolute Gasteiger partial charge is 0.356 e. The standard InChI is InChI=1S/C14H28N2O/c1-3-4-5-6-7-8-9-14(17)15-10-13-11-16(2)12-13/h13H,3-12H2,1-2H3,(H,15,17). The van der Waals surface area contributed by atoms with Crippen LogP contribution in [-0.2, 0) is 4.79 Å². The third-order valence-corrected chi connectivity index (χ3v) is 3.49. The molecule has 0 radical (unpaired) electrons. The van der Waals surface area contributed by atoms with Gasteiger partial charge >= 0.3 is 0 Å². The Morgan fingerprint density at radius 2 is 1.82 bits per heavy atom. The Morgan fingerprint density at radius 1 is 1.18 bits per heavy atom. The zero-order valence-electron chi connectivity index (χ0n) is 11.5. The fourth-order valence-corrected chi connectivity index (χ4v) is 2.37. The van der Waals surface area contributed by atoms with E-state index < -0.39 is 0 Å². The lowest BCUT2D eigenvalue weighted by atomic mass is 10.0. The van der Waals surface area contributed by atoms with Crippen molar-refractivity contribution >= 4 is 5.91 Å². The van der Waals surface area contributed by atoms with Crippen LogP contribution in [0.2, 0.25) is 0 Å². The summed E-state index contributed by atoms with van der Waals surface area (Å²) in [6.07, 6.45) is 8.22. The van der Waals surface area contributed by atoms with Gasteiger partial charge in [0.15, 0.2) is 0 Å². The summed E-state index contributed by atoms with van der Waals surface area (Å²) in [6, 6.07) is 0. The van der Waals surface area contributed by atoms with Crippen molar-refractivity contribution in [2.45, 2.75) is 51.9 Å². The summed E-state index contributed by atoms with van der Waals surface area (Å²) in [5.74, 6) is 0.934. The Kier molecular flexibility index (Phi) is 7.25. The van der Waals surface area contributed by atoms with E-state index in [0.29, 0.717) is 12.3 Å². The van der Waals surface area contributed by atoms with Gasteiger partial charge in [0, 0.05) is 32.0 Å². The van der Waals surface area contributed by atoms with E-state index >= 15 is 0 Å². The monoisotopic (exact) mass is 240 g/mol. The molecule has 1 aliphatic heterocycles. The summed E-state index contributed by atoms with van der Waals surface area (Å²) in [4.78, 5) is 13.8. The van der Waals surface area contributed by atoms with Crippen LogP contribution >= 0.6 is 0 Å². The molecule has 0 aromatic rings. The van der Waals surface area contributed by atoms with Gasteiger partial charge in [-0.25, -0.2) is 0 Å². The summed E-state index contributed by atoms with van der Waals surface area (Å²) < 4.78 is 0. The molecule has 100 valence electrons. The molecule has 1 aliphatic rings.